The van der Waals surface area contributed by atoms with E-state index in [2.05, 4.69) is 0 Å². The molecule has 28 heavy (non-hydrogen) atoms. The molecule has 5 rings (SSSR count). The number of para-hydroxylation sites is 2. The van der Waals surface area contributed by atoms with E-state index in [1.165, 1.54) is 4.90 Å². The first-order chi connectivity index (χ1) is 13.5. The van der Waals surface area contributed by atoms with Crippen molar-refractivity contribution in [2.24, 2.45) is 17.8 Å². The number of hydrogen-bond acceptors (Lipinski definition) is 4. The lowest BCUT2D eigenvalue weighted by molar-refractivity contribution is -0.129. The molecular formula is C22H20N2O4. The van der Waals surface area contributed by atoms with Gasteiger partial charge in [-0.05, 0) is 30.7 Å². The average molecular weight is 376 g/mol. The lowest BCUT2D eigenvalue weighted by Crippen LogP contribution is -2.39. The smallest absolute Gasteiger partial charge is 0.240 e. The minimum Gasteiger partial charge on any atom is -0.369 e. The second-order valence-electron chi connectivity index (χ2n) is 7.75. The molecule has 6 nitrogen and oxygen atoms in total. The number of amides is 3. The van der Waals surface area contributed by atoms with Crippen LogP contribution in [-0.2, 0) is 19.1 Å². The molecular weight excluding hydrogens is 356 g/mol. The van der Waals surface area contributed by atoms with Crippen molar-refractivity contribution in [1.29, 1.82) is 0 Å². The molecule has 3 aliphatic rings. The summed E-state index contributed by atoms with van der Waals surface area (Å²) in [5.41, 5.74) is 0.641. The maximum atomic E-state index is 13.3. The molecule has 1 aliphatic carbocycles. The summed E-state index contributed by atoms with van der Waals surface area (Å²) >= 11 is 0. The molecule has 0 bridgehead atoms. The summed E-state index contributed by atoms with van der Waals surface area (Å²) < 4.78 is 5.67. The van der Waals surface area contributed by atoms with Crippen LogP contribution in [0.1, 0.15) is 6.42 Å². The summed E-state index contributed by atoms with van der Waals surface area (Å²) in [7, 11) is 1.71. The second kappa shape index (κ2) is 6.01. The number of epoxide rings is 1. The average Bonchev–Trinajstić information content (AvgIpc) is 3.34. The monoisotopic (exact) mass is 376 g/mol. The fourth-order valence-corrected chi connectivity index (χ4v) is 4.77. The van der Waals surface area contributed by atoms with Gasteiger partial charge in [-0.15, -0.1) is 0 Å². The lowest BCUT2D eigenvalue weighted by atomic mass is 9.89. The summed E-state index contributed by atoms with van der Waals surface area (Å²) in [4.78, 5) is 42.5. The maximum absolute atomic E-state index is 13.3. The molecule has 2 aromatic carbocycles. The molecule has 6 heteroatoms. The van der Waals surface area contributed by atoms with Gasteiger partial charge in [0, 0.05) is 12.7 Å². The van der Waals surface area contributed by atoms with Gasteiger partial charge in [-0.25, -0.2) is 4.90 Å². The molecule has 0 radical (unpaired) electrons. The number of rotatable bonds is 3. The molecule has 1 spiro atoms. The molecule has 2 unspecified atom stereocenters. The number of hydrogen-bond donors (Lipinski definition) is 0. The van der Waals surface area contributed by atoms with E-state index in [9.17, 15) is 14.4 Å². The zero-order valence-corrected chi connectivity index (χ0v) is 15.4. The van der Waals surface area contributed by atoms with Crippen LogP contribution in [0.5, 0.6) is 0 Å². The summed E-state index contributed by atoms with van der Waals surface area (Å²) in [6.07, 6.45) is 0.415. The Kier molecular flexibility index (Phi) is 3.67. The first-order valence-corrected chi connectivity index (χ1v) is 9.43. The van der Waals surface area contributed by atoms with E-state index in [0.29, 0.717) is 18.7 Å². The van der Waals surface area contributed by atoms with Crippen LogP contribution in [0.4, 0.5) is 11.4 Å². The number of fused-ring (bicyclic) bond motifs is 2. The van der Waals surface area contributed by atoms with Gasteiger partial charge in [0.15, 0.2) is 0 Å². The third-order valence-corrected chi connectivity index (χ3v) is 6.24. The number of anilines is 2. The number of ether oxygens (including phenoxy) is 1. The highest BCUT2D eigenvalue weighted by atomic mass is 16.6. The summed E-state index contributed by atoms with van der Waals surface area (Å²) in [6.45, 7) is 0.425. The van der Waals surface area contributed by atoms with E-state index in [4.69, 9.17) is 4.74 Å². The summed E-state index contributed by atoms with van der Waals surface area (Å²) in [5.74, 6) is -2.52. The van der Waals surface area contributed by atoms with Crippen LogP contribution < -0.4 is 9.80 Å². The van der Waals surface area contributed by atoms with Crippen molar-refractivity contribution in [3.8, 4) is 0 Å². The molecule has 2 aromatic rings. The van der Waals surface area contributed by atoms with Crippen LogP contribution in [0.25, 0.3) is 0 Å². The van der Waals surface area contributed by atoms with E-state index < -0.39 is 23.4 Å². The molecule has 2 saturated heterocycles. The molecule has 2 heterocycles. The second-order valence-corrected chi connectivity index (χ2v) is 7.75. The lowest BCUT2D eigenvalue weighted by Gasteiger charge is -2.24. The Morgan fingerprint density at radius 1 is 1.04 bits per heavy atom. The molecule has 4 atom stereocenters. The van der Waals surface area contributed by atoms with Crippen LogP contribution in [-0.4, -0.2) is 37.0 Å². The molecule has 3 amide bonds. The van der Waals surface area contributed by atoms with E-state index >= 15 is 0 Å². The highest BCUT2D eigenvalue weighted by molar-refractivity contribution is 6.24. The van der Waals surface area contributed by atoms with Gasteiger partial charge >= 0.3 is 0 Å². The van der Waals surface area contributed by atoms with Crippen molar-refractivity contribution < 1.29 is 19.1 Å². The predicted molar refractivity (Wildman–Crippen MR) is 103 cm³/mol. The minimum atomic E-state index is -0.672. The topological polar surface area (TPSA) is 70.2 Å². The number of carbonyl (C=O) groups excluding carboxylic acids is 3. The Balaban J connectivity index is 1.50. The van der Waals surface area contributed by atoms with Crippen molar-refractivity contribution in [3.63, 3.8) is 0 Å². The van der Waals surface area contributed by atoms with Crippen molar-refractivity contribution in [3.05, 3.63) is 60.7 Å². The number of nitrogens with zero attached hydrogens (tertiary/aromatic N) is 2. The normalized spacial score (nSPS) is 30.6. The SMILES string of the molecule is CN(C(=O)[C@@H]1C[C@]2(CO2)C2C(=O)N(c3ccccc3)C(=O)C21)c1ccccc1. The zero-order valence-electron chi connectivity index (χ0n) is 15.4. The summed E-state index contributed by atoms with van der Waals surface area (Å²) in [6, 6.07) is 18.2. The molecule has 0 aromatic heterocycles. The first-order valence-electron chi connectivity index (χ1n) is 9.43. The number of benzene rings is 2. The van der Waals surface area contributed by atoms with Crippen LogP contribution in [0.3, 0.4) is 0 Å². The summed E-state index contributed by atoms with van der Waals surface area (Å²) in [5, 5.41) is 0. The van der Waals surface area contributed by atoms with Crippen LogP contribution in [0, 0.1) is 17.8 Å². The Hall–Kier alpha value is -2.99. The van der Waals surface area contributed by atoms with Gasteiger partial charge in [-0.2, -0.15) is 0 Å². The van der Waals surface area contributed by atoms with Crippen molar-refractivity contribution >= 4 is 29.1 Å². The Labute approximate surface area is 162 Å². The fraction of sp³-hybridized carbons (Fsp3) is 0.318. The third kappa shape index (κ3) is 2.34. The van der Waals surface area contributed by atoms with Gasteiger partial charge < -0.3 is 9.64 Å². The van der Waals surface area contributed by atoms with Crippen LogP contribution >= 0.6 is 0 Å². The quantitative estimate of drug-likeness (QED) is 0.609. The standard InChI is InChI=1S/C22H20N2O4/c1-23(14-8-4-2-5-9-14)19(25)16-12-22(13-28-22)18-17(16)20(26)24(21(18)27)15-10-6-3-7-11-15/h2-11,16-18H,12-13H2,1H3/t16-,17?,18?,22+/m1/s1. The van der Waals surface area contributed by atoms with Gasteiger partial charge in [-0.3, -0.25) is 14.4 Å². The first kappa shape index (κ1) is 17.1. The Morgan fingerprint density at radius 2 is 1.64 bits per heavy atom. The molecule has 0 N–H and O–H groups in total. The molecule has 3 fully saturated rings. The van der Waals surface area contributed by atoms with Gasteiger partial charge in [0.25, 0.3) is 0 Å². The van der Waals surface area contributed by atoms with Gasteiger partial charge in [0.1, 0.15) is 5.60 Å². The Bertz CT molecular complexity index is 955. The fourth-order valence-electron chi connectivity index (χ4n) is 4.77. The van der Waals surface area contributed by atoms with Crippen LogP contribution in [0.15, 0.2) is 60.7 Å². The molecule has 1 saturated carbocycles. The Morgan fingerprint density at radius 3 is 2.25 bits per heavy atom. The predicted octanol–water partition coefficient (Wildman–Crippen LogP) is 2.24. The number of imide groups is 1. The minimum absolute atomic E-state index is 0.148. The van der Waals surface area contributed by atoms with E-state index in [1.54, 1.807) is 36.2 Å². The number of carbonyl (C=O) groups is 3. The third-order valence-electron chi connectivity index (χ3n) is 6.24. The van der Waals surface area contributed by atoms with Gasteiger partial charge in [0.2, 0.25) is 17.7 Å². The zero-order chi connectivity index (χ0) is 19.5. The van der Waals surface area contributed by atoms with Crippen molar-refractivity contribution in [2.75, 3.05) is 23.5 Å². The van der Waals surface area contributed by atoms with Gasteiger partial charge in [0.05, 0.1) is 30.0 Å². The largest absolute Gasteiger partial charge is 0.369 e. The van der Waals surface area contributed by atoms with E-state index in [-0.39, 0.29) is 17.7 Å². The van der Waals surface area contributed by atoms with Crippen molar-refractivity contribution in [1.82, 2.24) is 0 Å². The van der Waals surface area contributed by atoms with E-state index in [1.807, 2.05) is 36.4 Å². The highest BCUT2D eigenvalue weighted by Crippen LogP contribution is 2.58. The molecule has 2 aliphatic heterocycles. The van der Waals surface area contributed by atoms with Crippen LogP contribution in [0.2, 0.25) is 0 Å². The maximum Gasteiger partial charge on any atom is 0.240 e. The van der Waals surface area contributed by atoms with E-state index in [0.717, 1.165) is 5.69 Å². The molecule has 142 valence electrons. The van der Waals surface area contributed by atoms with Crippen molar-refractivity contribution in [2.45, 2.75) is 12.0 Å². The van der Waals surface area contributed by atoms with Gasteiger partial charge in [-0.1, -0.05) is 36.4 Å². The highest BCUT2D eigenvalue weighted by Gasteiger charge is 2.72.